The zero-order valence-corrected chi connectivity index (χ0v) is 7.57. The van der Waals surface area contributed by atoms with Crippen LogP contribution in [0.25, 0.3) is 0 Å². The third-order valence-electron chi connectivity index (χ3n) is 1.69. The van der Waals surface area contributed by atoms with Crippen molar-refractivity contribution in [1.29, 1.82) is 0 Å². The van der Waals surface area contributed by atoms with Gasteiger partial charge in [0.1, 0.15) is 0 Å². The maximum atomic E-state index is 11.2. The lowest BCUT2D eigenvalue weighted by Crippen LogP contribution is -2.01. The minimum atomic E-state index is -0.198. The van der Waals surface area contributed by atoms with Crippen LogP contribution in [-0.2, 0) is 0 Å². The first kappa shape index (κ1) is 9.51. The highest BCUT2D eigenvalue weighted by Gasteiger charge is 2.14. The molecule has 0 saturated heterocycles. The van der Waals surface area contributed by atoms with Crippen LogP contribution in [-0.4, -0.2) is 23.0 Å². The number of Topliss-reactive ketones (excluding diaryl/α,β-unsaturated/α-hetero) is 1. The summed E-state index contributed by atoms with van der Waals surface area (Å²) < 4.78 is 4.84. The van der Waals surface area contributed by atoms with E-state index in [1.54, 1.807) is 6.92 Å². The minimum Gasteiger partial charge on any atom is -0.503 e. The third kappa shape index (κ3) is 1.77. The summed E-state index contributed by atoms with van der Waals surface area (Å²) in [6.07, 6.45) is 1.75. The Kier molecular flexibility index (Phi) is 2.84. The van der Waals surface area contributed by atoms with Gasteiger partial charge in [-0.25, -0.2) is 4.98 Å². The fraction of sp³-hybridized carbons (Fsp3) is 0.333. The van der Waals surface area contributed by atoms with E-state index in [0.717, 1.165) is 0 Å². The first-order valence-electron chi connectivity index (χ1n) is 3.95. The molecule has 13 heavy (non-hydrogen) atoms. The van der Waals surface area contributed by atoms with Crippen LogP contribution in [0, 0.1) is 0 Å². The van der Waals surface area contributed by atoms with Crippen molar-refractivity contribution in [3.05, 3.63) is 18.0 Å². The lowest BCUT2D eigenvalue weighted by molar-refractivity contribution is 0.0980. The fourth-order valence-electron chi connectivity index (χ4n) is 0.972. The van der Waals surface area contributed by atoms with Crippen molar-refractivity contribution >= 4 is 5.78 Å². The van der Waals surface area contributed by atoms with Crippen LogP contribution in [0.4, 0.5) is 0 Å². The van der Waals surface area contributed by atoms with Gasteiger partial charge in [0.25, 0.3) is 0 Å². The first-order chi connectivity index (χ1) is 6.20. The van der Waals surface area contributed by atoms with Crippen LogP contribution >= 0.6 is 0 Å². The quantitative estimate of drug-likeness (QED) is 0.716. The highest BCUT2D eigenvalue weighted by Crippen LogP contribution is 2.28. The second kappa shape index (κ2) is 3.89. The van der Waals surface area contributed by atoms with E-state index >= 15 is 0 Å². The number of pyridine rings is 1. The van der Waals surface area contributed by atoms with E-state index in [9.17, 15) is 9.90 Å². The Morgan fingerprint density at radius 1 is 1.69 bits per heavy atom. The highest BCUT2D eigenvalue weighted by atomic mass is 16.5. The largest absolute Gasteiger partial charge is 0.503 e. The molecule has 1 N–H and O–H groups in total. The van der Waals surface area contributed by atoms with Crippen LogP contribution in [0.5, 0.6) is 11.5 Å². The molecule has 0 aliphatic rings. The summed E-state index contributed by atoms with van der Waals surface area (Å²) >= 11 is 0. The smallest absolute Gasteiger partial charge is 0.187 e. The number of rotatable bonds is 3. The molecule has 70 valence electrons. The molecule has 0 fully saturated rings. The number of aromatic nitrogens is 1. The topological polar surface area (TPSA) is 59.4 Å². The van der Waals surface area contributed by atoms with Crippen molar-refractivity contribution in [2.75, 3.05) is 7.11 Å². The SMILES string of the molecule is CCC(=O)c1nccc(OC)c1O. The van der Waals surface area contributed by atoms with Gasteiger partial charge in [0, 0.05) is 18.7 Å². The van der Waals surface area contributed by atoms with Crippen molar-refractivity contribution in [3.8, 4) is 11.5 Å². The Hall–Kier alpha value is -1.58. The number of hydrogen-bond acceptors (Lipinski definition) is 4. The molecular weight excluding hydrogens is 170 g/mol. The molecule has 0 aliphatic carbocycles. The van der Waals surface area contributed by atoms with Gasteiger partial charge in [-0.15, -0.1) is 0 Å². The van der Waals surface area contributed by atoms with Crippen molar-refractivity contribution in [2.45, 2.75) is 13.3 Å². The Balaban J connectivity index is 3.15. The van der Waals surface area contributed by atoms with Crippen LogP contribution in [0.3, 0.4) is 0 Å². The molecule has 0 atom stereocenters. The maximum absolute atomic E-state index is 11.2. The monoisotopic (exact) mass is 181 g/mol. The van der Waals surface area contributed by atoms with Gasteiger partial charge in [-0.3, -0.25) is 4.79 Å². The Morgan fingerprint density at radius 2 is 2.38 bits per heavy atom. The van der Waals surface area contributed by atoms with Gasteiger partial charge in [0.05, 0.1) is 7.11 Å². The summed E-state index contributed by atoms with van der Waals surface area (Å²) in [5.41, 5.74) is 0.0712. The molecule has 1 aromatic heterocycles. The van der Waals surface area contributed by atoms with Crippen molar-refractivity contribution in [3.63, 3.8) is 0 Å². The zero-order valence-electron chi connectivity index (χ0n) is 7.57. The van der Waals surface area contributed by atoms with E-state index < -0.39 is 0 Å². The summed E-state index contributed by atoms with van der Waals surface area (Å²) in [7, 11) is 1.43. The first-order valence-corrected chi connectivity index (χ1v) is 3.95. The maximum Gasteiger partial charge on any atom is 0.187 e. The van der Waals surface area contributed by atoms with Gasteiger partial charge in [0.2, 0.25) is 0 Å². The van der Waals surface area contributed by atoms with Gasteiger partial charge in [-0.05, 0) is 0 Å². The molecule has 0 amide bonds. The number of carbonyl (C=O) groups is 1. The van der Waals surface area contributed by atoms with Crippen molar-refractivity contribution in [1.82, 2.24) is 4.98 Å². The number of aromatic hydroxyl groups is 1. The van der Waals surface area contributed by atoms with Crippen molar-refractivity contribution in [2.24, 2.45) is 0 Å². The Bertz CT molecular complexity index is 323. The lowest BCUT2D eigenvalue weighted by Gasteiger charge is -2.05. The van der Waals surface area contributed by atoms with Gasteiger partial charge >= 0.3 is 0 Å². The molecule has 0 saturated carbocycles. The van der Waals surface area contributed by atoms with Gasteiger partial charge < -0.3 is 9.84 Å². The lowest BCUT2D eigenvalue weighted by atomic mass is 10.2. The number of nitrogens with zero attached hydrogens (tertiary/aromatic N) is 1. The van der Waals surface area contributed by atoms with E-state index in [0.29, 0.717) is 6.42 Å². The molecule has 4 heteroatoms. The molecule has 0 spiro atoms. The van der Waals surface area contributed by atoms with E-state index in [-0.39, 0.29) is 23.0 Å². The van der Waals surface area contributed by atoms with Gasteiger partial charge in [-0.1, -0.05) is 6.92 Å². The molecule has 0 radical (unpaired) electrons. The van der Waals surface area contributed by atoms with Crippen LogP contribution in [0.1, 0.15) is 23.8 Å². The standard InChI is InChI=1S/C9H11NO3/c1-3-6(11)8-9(12)7(13-2)4-5-10-8/h4-5,12H,3H2,1-2H3. The molecule has 0 aromatic carbocycles. The minimum absolute atomic E-state index is 0.0712. The molecule has 0 bridgehead atoms. The summed E-state index contributed by atoms with van der Waals surface area (Å²) in [4.78, 5) is 15.0. The average molecular weight is 181 g/mol. The molecule has 1 rings (SSSR count). The number of hydrogen-bond donors (Lipinski definition) is 1. The predicted octanol–water partition coefficient (Wildman–Crippen LogP) is 1.39. The highest BCUT2D eigenvalue weighted by molar-refractivity contribution is 5.97. The van der Waals surface area contributed by atoms with Crippen molar-refractivity contribution < 1.29 is 14.6 Å². The fourth-order valence-corrected chi connectivity index (χ4v) is 0.972. The third-order valence-corrected chi connectivity index (χ3v) is 1.69. The summed E-state index contributed by atoms with van der Waals surface area (Å²) in [5.74, 6) is -0.111. The van der Waals surface area contributed by atoms with Gasteiger partial charge in [-0.2, -0.15) is 0 Å². The number of methoxy groups -OCH3 is 1. The number of carbonyl (C=O) groups excluding carboxylic acids is 1. The zero-order chi connectivity index (χ0) is 9.84. The average Bonchev–Trinajstić information content (AvgIpc) is 2.17. The van der Waals surface area contributed by atoms with Gasteiger partial charge in [0.15, 0.2) is 23.0 Å². The van der Waals surface area contributed by atoms with Crippen LogP contribution in [0.15, 0.2) is 12.3 Å². The van der Waals surface area contributed by atoms with E-state index in [1.807, 2.05) is 0 Å². The predicted molar refractivity (Wildman–Crippen MR) is 47.1 cm³/mol. The Morgan fingerprint density at radius 3 is 2.92 bits per heavy atom. The summed E-state index contributed by atoms with van der Waals surface area (Å²) in [6, 6.07) is 1.50. The van der Waals surface area contributed by atoms with E-state index in [4.69, 9.17) is 4.74 Å². The summed E-state index contributed by atoms with van der Waals surface area (Å²) in [6.45, 7) is 1.71. The van der Waals surface area contributed by atoms with Crippen LogP contribution in [0.2, 0.25) is 0 Å². The summed E-state index contributed by atoms with van der Waals surface area (Å²) in [5, 5.41) is 9.48. The second-order valence-electron chi connectivity index (χ2n) is 2.49. The normalized spacial score (nSPS) is 9.69. The Labute approximate surface area is 76.2 Å². The number of ketones is 1. The van der Waals surface area contributed by atoms with E-state index in [2.05, 4.69) is 4.98 Å². The molecule has 1 heterocycles. The second-order valence-corrected chi connectivity index (χ2v) is 2.49. The molecule has 0 aliphatic heterocycles. The molecule has 0 unspecified atom stereocenters. The molecule has 1 aromatic rings. The van der Waals surface area contributed by atoms with E-state index in [1.165, 1.54) is 19.4 Å². The molecule has 4 nitrogen and oxygen atoms in total. The molecular formula is C9H11NO3. The number of ether oxygens (including phenoxy) is 1. The van der Waals surface area contributed by atoms with Crippen LogP contribution < -0.4 is 4.74 Å².